The molecule has 0 spiro atoms. The molecule has 2 N–H and O–H groups in total. The Morgan fingerprint density at radius 1 is 1.28 bits per heavy atom. The van der Waals surface area contributed by atoms with Crippen LogP contribution < -0.4 is 5.73 Å². The molecule has 0 radical (unpaired) electrons. The highest BCUT2D eigenvalue weighted by Crippen LogP contribution is 2.13. The summed E-state index contributed by atoms with van der Waals surface area (Å²) in [5, 5.41) is 0.00315. The molecule has 0 fully saturated rings. The lowest BCUT2D eigenvalue weighted by molar-refractivity contribution is 0.471. The van der Waals surface area contributed by atoms with Crippen molar-refractivity contribution in [3.8, 4) is 0 Å². The molecule has 0 amide bonds. The highest BCUT2D eigenvalue weighted by Gasteiger charge is 2.23. The van der Waals surface area contributed by atoms with Crippen molar-refractivity contribution in [3.05, 3.63) is 49.2 Å². The summed E-state index contributed by atoms with van der Waals surface area (Å²) in [4.78, 5) is 3.93. The Morgan fingerprint density at radius 3 is 2.28 bits per heavy atom. The third-order valence-electron chi connectivity index (χ3n) is 2.30. The second-order valence-corrected chi connectivity index (χ2v) is 5.49. The standard InChI is InChI=1S/C12H17N3O2S/c1-3-7-15(8-4-2)18(16,17)12-6-5-11(9-13)10-14-12/h3-6,10H,1-2,7-9,13H2. The molecule has 0 aromatic carbocycles. The first-order valence-corrected chi connectivity index (χ1v) is 6.87. The molecular weight excluding hydrogens is 250 g/mol. The molecule has 1 aromatic rings. The Labute approximate surface area is 108 Å². The van der Waals surface area contributed by atoms with Crippen molar-refractivity contribution in [2.45, 2.75) is 11.6 Å². The van der Waals surface area contributed by atoms with E-state index in [1.807, 2.05) is 0 Å². The van der Waals surface area contributed by atoms with Gasteiger partial charge in [-0.2, -0.15) is 4.31 Å². The van der Waals surface area contributed by atoms with Crippen LogP contribution in [0, 0.1) is 0 Å². The second-order valence-electron chi connectivity index (χ2n) is 3.61. The van der Waals surface area contributed by atoms with Crippen LogP contribution in [-0.4, -0.2) is 30.8 Å². The molecule has 0 aliphatic carbocycles. The Balaban J connectivity index is 3.08. The molecular formula is C12H17N3O2S. The van der Waals surface area contributed by atoms with Crippen LogP contribution in [0.5, 0.6) is 0 Å². The maximum atomic E-state index is 12.2. The molecule has 1 heterocycles. The van der Waals surface area contributed by atoms with E-state index in [1.165, 1.54) is 28.7 Å². The summed E-state index contributed by atoms with van der Waals surface area (Å²) in [6.07, 6.45) is 4.51. The normalized spacial score (nSPS) is 11.4. The van der Waals surface area contributed by atoms with Crippen molar-refractivity contribution in [3.63, 3.8) is 0 Å². The molecule has 0 bridgehead atoms. The van der Waals surface area contributed by atoms with Gasteiger partial charge in [-0.25, -0.2) is 13.4 Å². The van der Waals surface area contributed by atoms with E-state index in [1.54, 1.807) is 6.07 Å². The lowest BCUT2D eigenvalue weighted by Crippen LogP contribution is -2.32. The number of hydrogen-bond donors (Lipinski definition) is 1. The van der Waals surface area contributed by atoms with Crippen LogP contribution in [0.3, 0.4) is 0 Å². The van der Waals surface area contributed by atoms with Gasteiger partial charge < -0.3 is 5.73 Å². The number of hydrogen-bond acceptors (Lipinski definition) is 4. The predicted octanol–water partition coefficient (Wildman–Crippen LogP) is 0.903. The van der Waals surface area contributed by atoms with E-state index in [2.05, 4.69) is 18.1 Å². The first-order valence-electron chi connectivity index (χ1n) is 5.43. The summed E-state index contributed by atoms with van der Waals surface area (Å²) >= 11 is 0. The molecule has 98 valence electrons. The van der Waals surface area contributed by atoms with Crippen molar-refractivity contribution < 1.29 is 8.42 Å². The van der Waals surface area contributed by atoms with E-state index in [0.29, 0.717) is 6.54 Å². The van der Waals surface area contributed by atoms with Crippen molar-refractivity contribution in [2.24, 2.45) is 5.73 Å². The van der Waals surface area contributed by atoms with Gasteiger partial charge in [-0.1, -0.05) is 18.2 Å². The topological polar surface area (TPSA) is 76.3 Å². The number of rotatable bonds is 7. The molecule has 5 nitrogen and oxygen atoms in total. The van der Waals surface area contributed by atoms with Gasteiger partial charge in [-0.15, -0.1) is 13.2 Å². The van der Waals surface area contributed by atoms with Gasteiger partial charge in [0.15, 0.2) is 5.03 Å². The molecule has 1 rings (SSSR count). The zero-order valence-corrected chi connectivity index (χ0v) is 10.9. The first-order chi connectivity index (χ1) is 8.56. The van der Waals surface area contributed by atoms with E-state index in [0.717, 1.165) is 5.56 Å². The Morgan fingerprint density at radius 2 is 1.89 bits per heavy atom. The van der Waals surface area contributed by atoms with Gasteiger partial charge in [0, 0.05) is 25.8 Å². The quantitative estimate of drug-likeness (QED) is 0.745. The summed E-state index contributed by atoms with van der Waals surface area (Å²) in [5.41, 5.74) is 6.22. The highest BCUT2D eigenvalue weighted by molar-refractivity contribution is 7.89. The summed E-state index contributed by atoms with van der Waals surface area (Å²) in [5.74, 6) is 0. The van der Waals surface area contributed by atoms with Crippen molar-refractivity contribution in [1.82, 2.24) is 9.29 Å². The number of aromatic nitrogens is 1. The van der Waals surface area contributed by atoms with Gasteiger partial charge in [-0.05, 0) is 11.6 Å². The van der Waals surface area contributed by atoms with Crippen molar-refractivity contribution in [1.29, 1.82) is 0 Å². The molecule has 0 unspecified atom stereocenters. The Kier molecular flexibility index (Phi) is 5.21. The molecule has 0 aliphatic heterocycles. The monoisotopic (exact) mass is 267 g/mol. The van der Waals surface area contributed by atoms with Gasteiger partial charge in [-0.3, -0.25) is 0 Å². The van der Waals surface area contributed by atoms with Crippen LogP contribution >= 0.6 is 0 Å². The van der Waals surface area contributed by atoms with Gasteiger partial charge in [0.05, 0.1) is 0 Å². The van der Waals surface area contributed by atoms with Crippen LogP contribution in [0.25, 0.3) is 0 Å². The lowest BCUT2D eigenvalue weighted by Gasteiger charge is -2.18. The van der Waals surface area contributed by atoms with Crippen LogP contribution in [0.4, 0.5) is 0 Å². The molecule has 18 heavy (non-hydrogen) atoms. The number of nitrogens with two attached hydrogens (primary N) is 1. The van der Waals surface area contributed by atoms with E-state index in [-0.39, 0.29) is 18.1 Å². The fourth-order valence-electron chi connectivity index (χ4n) is 1.38. The molecule has 0 aliphatic rings. The Bertz CT molecular complexity index is 499. The minimum absolute atomic E-state index is 0.00315. The fraction of sp³-hybridized carbons (Fsp3) is 0.250. The minimum Gasteiger partial charge on any atom is -0.326 e. The van der Waals surface area contributed by atoms with Crippen LogP contribution in [0.1, 0.15) is 5.56 Å². The van der Waals surface area contributed by atoms with Crippen LogP contribution in [-0.2, 0) is 16.6 Å². The van der Waals surface area contributed by atoms with E-state index in [9.17, 15) is 8.42 Å². The first kappa shape index (κ1) is 14.6. The fourth-order valence-corrected chi connectivity index (χ4v) is 2.67. The average Bonchev–Trinajstić information content (AvgIpc) is 2.38. The summed E-state index contributed by atoms with van der Waals surface area (Å²) in [6.45, 7) is 7.84. The molecule has 0 saturated heterocycles. The van der Waals surface area contributed by atoms with Gasteiger partial charge in [0.25, 0.3) is 10.0 Å². The third-order valence-corrected chi connectivity index (χ3v) is 4.05. The largest absolute Gasteiger partial charge is 0.326 e. The lowest BCUT2D eigenvalue weighted by atomic mass is 10.3. The average molecular weight is 267 g/mol. The SMILES string of the molecule is C=CCN(CC=C)S(=O)(=O)c1ccc(CN)cn1. The summed E-state index contributed by atoms with van der Waals surface area (Å²) in [6, 6.07) is 3.11. The number of pyridine rings is 1. The van der Waals surface area contributed by atoms with Gasteiger partial charge in [0.2, 0.25) is 0 Å². The molecule has 6 heteroatoms. The zero-order chi connectivity index (χ0) is 13.6. The third kappa shape index (κ3) is 3.25. The molecule has 1 aromatic heterocycles. The van der Waals surface area contributed by atoms with Gasteiger partial charge >= 0.3 is 0 Å². The van der Waals surface area contributed by atoms with E-state index >= 15 is 0 Å². The smallest absolute Gasteiger partial charge is 0.261 e. The van der Waals surface area contributed by atoms with Gasteiger partial charge in [0.1, 0.15) is 0 Å². The summed E-state index contributed by atoms with van der Waals surface area (Å²) < 4.78 is 25.7. The van der Waals surface area contributed by atoms with Crippen LogP contribution in [0.2, 0.25) is 0 Å². The Hall–Kier alpha value is -1.50. The zero-order valence-electron chi connectivity index (χ0n) is 10.1. The molecule has 0 saturated carbocycles. The second kappa shape index (κ2) is 6.44. The maximum Gasteiger partial charge on any atom is 0.261 e. The predicted molar refractivity (Wildman–Crippen MR) is 71.3 cm³/mol. The van der Waals surface area contributed by atoms with Crippen molar-refractivity contribution >= 4 is 10.0 Å². The van der Waals surface area contributed by atoms with Crippen molar-refractivity contribution in [2.75, 3.05) is 13.1 Å². The highest BCUT2D eigenvalue weighted by atomic mass is 32.2. The van der Waals surface area contributed by atoms with Crippen LogP contribution in [0.15, 0.2) is 48.7 Å². The maximum absolute atomic E-state index is 12.2. The molecule has 0 atom stereocenters. The van der Waals surface area contributed by atoms with E-state index in [4.69, 9.17) is 5.73 Å². The number of nitrogens with zero attached hydrogens (tertiary/aromatic N) is 2. The number of sulfonamides is 1. The summed E-state index contributed by atoms with van der Waals surface area (Å²) in [7, 11) is -3.61. The van der Waals surface area contributed by atoms with E-state index < -0.39 is 10.0 Å². The minimum atomic E-state index is -3.61.